The number of nitrogens with zero attached hydrogens (tertiary/aromatic N) is 1. The molecule has 21 heavy (non-hydrogen) atoms. The summed E-state index contributed by atoms with van der Waals surface area (Å²) >= 11 is 5.82. The van der Waals surface area contributed by atoms with E-state index in [0.29, 0.717) is 16.1 Å². The molecule has 3 rings (SSSR count). The second kappa shape index (κ2) is 5.54. The van der Waals surface area contributed by atoms with E-state index >= 15 is 0 Å². The van der Waals surface area contributed by atoms with Crippen LogP contribution in [0.4, 0.5) is 0 Å². The highest BCUT2D eigenvalue weighted by Crippen LogP contribution is 2.20. The maximum absolute atomic E-state index is 12.3. The summed E-state index contributed by atoms with van der Waals surface area (Å²) in [6, 6.07) is 14.3. The molecule has 3 nitrogen and oxygen atoms in total. The number of fused-ring (bicyclic) bond motifs is 1. The van der Waals surface area contributed by atoms with E-state index in [9.17, 15) is 9.59 Å². The molecule has 0 aliphatic heterocycles. The first-order chi connectivity index (χ1) is 10.2. The highest BCUT2D eigenvalue weighted by molar-refractivity contribution is 6.30. The molecule has 0 fully saturated rings. The van der Waals surface area contributed by atoms with E-state index in [1.807, 2.05) is 24.3 Å². The monoisotopic (exact) mass is 297 g/mol. The number of benzene rings is 2. The minimum atomic E-state index is -0.0233. The van der Waals surface area contributed by atoms with Crippen molar-refractivity contribution in [2.45, 2.75) is 6.54 Å². The Labute approximate surface area is 126 Å². The number of para-hydroxylation sites is 1. The SMILES string of the molecule is O=Cc1cn(CC(=O)c2ccc(Cl)cc2)c2ccccc12. The lowest BCUT2D eigenvalue weighted by Crippen LogP contribution is -2.09. The van der Waals surface area contributed by atoms with Gasteiger partial charge in [-0.05, 0) is 30.3 Å². The summed E-state index contributed by atoms with van der Waals surface area (Å²) in [4.78, 5) is 23.4. The van der Waals surface area contributed by atoms with Gasteiger partial charge in [-0.1, -0.05) is 29.8 Å². The third-order valence-corrected chi connectivity index (χ3v) is 3.68. The van der Waals surface area contributed by atoms with Crippen molar-refractivity contribution in [3.8, 4) is 0 Å². The van der Waals surface area contributed by atoms with E-state index in [-0.39, 0.29) is 12.3 Å². The summed E-state index contributed by atoms with van der Waals surface area (Å²) in [6.45, 7) is 0.190. The Morgan fingerprint density at radius 1 is 1.10 bits per heavy atom. The molecule has 0 amide bonds. The molecule has 0 unspecified atom stereocenters. The van der Waals surface area contributed by atoms with E-state index < -0.39 is 0 Å². The van der Waals surface area contributed by atoms with E-state index in [1.54, 1.807) is 35.0 Å². The van der Waals surface area contributed by atoms with E-state index in [0.717, 1.165) is 17.2 Å². The molecule has 0 aliphatic carbocycles. The Bertz CT molecular complexity index is 818. The molecule has 0 N–H and O–H groups in total. The lowest BCUT2D eigenvalue weighted by atomic mass is 10.1. The van der Waals surface area contributed by atoms with Gasteiger partial charge < -0.3 is 4.57 Å². The Hall–Kier alpha value is -2.39. The molecule has 0 bridgehead atoms. The fourth-order valence-corrected chi connectivity index (χ4v) is 2.51. The van der Waals surface area contributed by atoms with Crippen LogP contribution in [-0.4, -0.2) is 16.6 Å². The van der Waals surface area contributed by atoms with Crippen LogP contribution in [0.5, 0.6) is 0 Å². The van der Waals surface area contributed by atoms with Crippen molar-refractivity contribution in [1.82, 2.24) is 4.57 Å². The normalized spacial score (nSPS) is 10.7. The lowest BCUT2D eigenvalue weighted by molar-refractivity contribution is 0.0972. The van der Waals surface area contributed by atoms with Crippen LogP contribution < -0.4 is 0 Å². The molecular weight excluding hydrogens is 286 g/mol. The number of aldehydes is 1. The van der Waals surface area contributed by atoms with Crippen LogP contribution in [-0.2, 0) is 6.54 Å². The smallest absolute Gasteiger partial charge is 0.182 e. The number of aromatic nitrogens is 1. The van der Waals surface area contributed by atoms with Crippen molar-refractivity contribution >= 4 is 34.6 Å². The number of carbonyl (C=O) groups is 2. The third-order valence-electron chi connectivity index (χ3n) is 3.43. The maximum Gasteiger partial charge on any atom is 0.182 e. The highest BCUT2D eigenvalue weighted by Gasteiger charge is 2.11. The Balaban J connectivity index is 1.96. The van der Waals surface area contributed by atoms with Gasteiger partial charge in [-0.25, -0.2) is 0 Å². The Morgan fingerprint density at radius 2 is 1.81 bits per heavy atom. The number of ketones is 1. The Morgan fingerprint density at radius 3 is 2.52 bits per heavy atom. The largest absolute Gasteiger partial charge is 0.339 e. The van der Waals surface area contributed by atoms with Crippen LogP contribution in [0.25, 0.3) is 10.9 Å². The van der Waals surface area contributed by atoms with Crippen molar-refractivity contribution in [3.05, 3.63) is 70.9 Å². The molecule has 0 atom stereocenters. The van der Waals surface area contributed by atoms with Crippen LogP contribution in [0.1, 0.15) is 20.7 Å². The van der Waals surface area contributed by atoms with Crippen LogP contribution in [0.15, 0.2) is 54.7 Å². The van der Waals surface area contributed by atoms with E-state index in [2.05, 4.69) is 0 Å². The summed E-state index contributed by atoms with van der Waals surface area (Å²) in [7, 11) is 0. The van der Waals surface area contributed by atoms with Gasteiger partial charge in [0.05, 0.1) is 6.54 Å². The number of hydrogen-bond donors (Lipinski definition) is 0. The predicted molar refractivity (Wildman–Crippen MR) is 83.1 cm³/mol. The lowest BCUT2D eigenvalue weighted by Gasteiger charge is -2.05. The standard InChI is InChI=1S/C17H12ClNO2/c18-14-7-5-12(6-8-14)17(21)10-19-9-13(11-20)15-3-1-2-4-16(15)19/h1-9,11H,10H2. The first-order valence-electron chi connectivity index (χ1n) is 6.51. The van der Waals surface area contributed by atoms with Gasteiger partial charge in [0.2, 0.25) is 0 Å². The van der Waals surface area contributed by atoms with Gasteiger partial charge in [0, 0.05) is 33.2 Å². The zero-order chi connectivity index (χ0) is 14.8. The molecule has 0 saturated carbocycles. The molecule has 2 aromatic carbocycles. The average Bonchev–Trinajstić information content (AvgIpc) is 2.86. The quantitative estimate of drug-likeness (QED) is 0.539. The van der Waals surface area contributed by atoms with Gasteiger partial charge >= 0.3 is 0 Å². The van der Waals surface area contributed by atoms with Crippen molar-refractivity contribution in [2.75, 3.05) is 0 Å². The van der Waals surface area contributed by atoms with Gasteiger partial charge in [-0.15, -0.1) is 0 Å². The maximum atomic E-state index is 12.3. The molecule has 3 aromatic rings. The minimum Gasteiger partial charge on any atom is -0.339 e. The number of halogens is 1. The molecule has 0 aliphatic rings. The van der Waals surface area contributed by atoms with Crippen molar-refractivity contribution in [3.63, 3.8) is 0 Å². The molecule has 0 spiro atoms. The molecule has 1 aromatic heterocycles. The van der Waals surface area contributed by atoms with Gasteiger partial charge in [0.25, 0.3) is 0 Å². The number of hydrogen-bond acceptors (Lipinski definition) is 2. The molecule has 4 heteroatoms. The minimum absolute atomic E-state index is 0.0233. The number of carbonyl (C=O) groups excluding carboxylic acids is 2. The summed E-state index contributed by atoms with van der Waals surface area (Å²) in [5.74, 6) is -0.0233. The van der Waals surface area contributed by atoms with E-state index in [1.165, 1.54) is 0 Å². The summed E-state index contributed by atoms with van der Waals surface area (Å²) in [5.41, 5.74) is 2.07. The molecule has 0 saturated heterocycles. The van der Waals surface area contributed by atoms with Crippen molar-refractivity contribution in [1.29, 1.82) is 0 Å². The summed E-state index contributed by atoms with van der Waals surface area (Å²) in [6.07, 6.45) is 2.52. The highest BCUT2D eigenvalue weighted by atomic mass is 35.5. The van der Waals surface area contributed by atoms with Crippen LogP contribution in [0.2, 0.25) is 5.02 Å². The van der Waals surface area contributed by atoms with Gasteiger partial charge in [-0.3, -0.25) is 9.59 Å². The van der Waals surface area contributed by atoms with Crippen LogP contribution in [0, 0.1) is 0 Å². The molecular formula is C17H12ClNO2. The molecule has 104 valence electrons. The first-order valence-corrected chi connectivity index (χ1v) is 6.88. The average molecular weight is 298 g/mol. The number of rotatable bonds is 4. The second-order valence-corrected chi connectivity index (χ2v) is 5.21. The van der Waals surface area contributed by atoms with E-state index in [4.69, 9.17) is 11.6 Å². The molecule has 1 heterocycles. The second-order valence-electron chi connectivity index (χ2n) is 4.78. The van der Waals surface area contributed by atoms with Crippen LogP contribution in [0.3, 0.4) is 0 Å². The zero-order valence-corrected chi connectivity index (χ0v) is 11.9. The van der Waals surface area contributed by atoms with Crippen molar-refractivity contribution in [2.24, 2.45) is 0 Å². The topological polar surface area (TPSA) is 39.1 Å². The fourth-order valence-electron chi connectivity index (χ4n) is 2.38. The Kier molecular flexibility index (Phi) is 3.59. The zero-order valence-electron chi connectivity index (χ0n) is 11.1. The fraction of sp³-hybridized carbons (Fsp3) is 0.0588. The predicted octanol–water partition coefficient (Wildman–Crippen LogP) is 3.99. The third kappa shape index (κ3) is 2.60. The van der Waals surface area contributed by atoms with Gasteiger partial charge in [0.1, 0.15) is 0 Å². The van der Waals surface area contributed by atoms with Crippen LogP contribution >= 0.6 is 11.6 Å². The van der Waals surface area contributed by atoms with Crippen molar-refractivity contribution < 1.29 is 9.59 Å². The molecule has 0 radical (unpaired) electrons. The first kappa shape index (κ1) is 13.6. The van der Waals surface area contributed by atoms with Gasteiger partial charge in [-0.2, -0.15) is 0 Å². The number of Topliss-reactive ketones (excluding diaryl/α,β-unsaturated/α-hetero) is 1. The van der Waals surface area contributed by atoms with Gasteiger partial charge in [0.15, 0.2) is 12.1 Å². The summed E-state index contributed by atoms with van der Waals surface area (Å²) < 4.78 is 1.80. The summed E-state index contributed by atoms with van der Waals surface area (Å²) in [5, 5.41) is 1.46.